The quantitative estimate of drug-likeness (QED) is 0.835. The standard InChI is InChI=1S/C13H14ClNO3S/c14-9-3-1-8(2-4-9)5-11(13(17)18)15-7-10(19)6-12(15)16/h1-4,10-11,19H,5-7H2,(H,17,18). The predicted octanol–water partition coefficient (Wildman–Crippen LogP) is 1.87. The van der Waals surface area contributed by atoms with Crippen molar-refractivity contribution in [1.29, 1.82) is 0 Å². The van der Waals surface area contributed by atoms with Crippen LogP contribution < -0.4 is 0 Å². The van der Waals surface area contributed by atoms with Crippen molar-refractivity contribution in [2.45, 2.75) is 24.1 Å². The lowest BCUT2D eigenvalue weighted by Gasteiger charge is -2.24. The van der Waals surface area contributed by atoms with Crippen LogP contribution in [0.1, 0.15) is 12.0 Å². The van der Waals surface area contributed by atoms with Crippen molar-refractivity contribution < 1.29 is 14.7 Å². The van der Waals surface area contributed by atoms with Crippen LogP contribution in [0.2, 0.25) is 5.02 Å². The second-order valence-corrected chi connectivity index (χ2v) is 5.76. The molecule has 2 rings (SSSR count). The van der Waals surface area contributed by atoms with Gasteiger partial charge in [-0.25, -0.2) is 4.79 Å². The van der Waals surface area contributed by atoms with Crippen LogP contribution >= 0.6 is 24.2 Å². The number of carboxylic acids is 1. The molecule has 0 aromatic heterocycles. The molecule has 1 amide bonds. The first-order valence-electron chi connectivity index (χ1n) is 5.92. The molecule has 4 nitrogen and oxygen atoms in total. The molecule has 0 radical (unpaired) electrons. The molecule has 0 saturated carbocycles. The van der Waals surface area contributed by atoms with Gasteiger partial charge in [-0.3, -0.25) is 4.79 Å². The number of carboxylic acid groups (broad SMARTS) is 1. The summed E-state index contributed by atoms with van der Waals surface area (Å²) in [6.45, 7) is 0.381. The Morgan fingerprint density at radius 2 is 2.11 bits per heavy atom. The summed E-state index contributed by atoms with van der Waals surface area (Å²) in [6, 6.07) is 6.13. The number of thiol groups is 1. The average molecular weight is 300 g/mol. The average Bonchev–Trinajstić information content (AvgIpc) is 2.67. The number of hydrogen-bond donors (Lipinski definition) is 2. The summed E-state index contributed by atoms with van der Waals surface area (Å²) < 4.78 is 0. The fourth-order valence-electron chi connectivity index (χ4n) is 2.19. The van der Waals surface area contributed by atoms with Gasteiger partial charge in [0.25, 0.3) is 0 Å². The molecule has 0 bridgehead atoms. The van der Waals surface area contributed by atoms with E-state index in [1.807, 2.05) is 0 Å². The molecular weight excluding hydrogens is 286 g/mol. The lowest BCUT2D eigenvalue weighted by molar-refractivity contribution is -0.148. The number of benzene rings is 1. The van der Waals surface area contributed by atoms with Crippen molar-refractivity contribution >= 4 is 36.1 Å². The largest absolute Gasteiger partial charge is 0.480 e. The smallest absolute Gasteiger partial charge is 0.326 e. The third-order valence-electron chi connectivity index (χ3n) is 3.14. The number of nitrogens with zero attached hydrogens (tertiary/aromatic N) is 1. The third kappa shape index (κ3) is 3.42. The van der Waals surface area contributed by atoms with E-state index in [0.717, 1.165) is 5.56 Å². The zero-order valence-corrected chi connectivity index (χ0v) is 11.8. The summed E-state index contributed by atoms with van der Waals surface area (Å²) in [4.78, 5) is 24.5. The van der Waals surface area contributed by atoms with Crippen molar-refractivity contribution in [3.63, 3.8) is 0 Å². The Labute approximate surface area is 121 Å². The summed E-state index contributed by atoms with van der Waals surface area (Å²) in [7, 11) is 0. The lowest BCUT2D eigenvalue weighted by atomic mass is 10.1. The number of hydrogen-bond acceptors (Lipinski definition) is 3. The highest BCUT2D eigenvalue weighted by molar-refractivity contribution is 7.81. The van der Waals surface area contributed by atoms with Gasteiger partial charge in [-0.15, -0.1) is 0 Å². The minimum atomic E-state index is -0.995. The van der Waals surface area contributed by atoms with Crippen LogP contribution in [0.3, 0.4) is 0 Å². The third-order valence-corrected chi connectivity index (χ3v) is 3.74. The fourth-order valence-corrected chi connectivity index (χ4v) is 2.65. The van der Waals surface area contributed by atoms with E-state index in [4.69, 9.17) is 11.6 Å². The summed E-state index contributed by atoms with van der Waals surface area (Å²) in [5.41, 5.74) is 0.840. The number of carbonyl (C=O) groups excluding carboxylic acids is 1. The number of halogens is 1. The van der Waals surface area contributed by atoms with E-state index >= 15 is 0 Å². The van der Waals surface area contributed by atoms with Crippen molar-refractivity contribution in [3.05, 3.63) is 34.9 Å². The molecule has 1 fully saturated rings. The van der Waals surface area contributed by atoms with Gasteiger partial charge in [0.15, 0.2) is 0 Å². The van der Waals surface area contributed by atoms with Crippen LogP contribution in [-0.2, 0) is 16.0 Å². The summed E-state index contributed by atoms with van der Waals surface area (Å²) in [6.07, 6.45) is 0.576. The Balaban J connectivity index is 2.15. The number of carbonyl (C=O) groups is 2. The molecule has 2 atom stereocenters. The van der Waals surface area contributed by atoms with E-state index in [2.05, 4.69) is 12.6 Å². The maximum absolute atomic E-state index is 11.8. The van der Waals surface area contributed by atoms with E-state index in [1.165, 1.54) is 4.90 Å². The number of amides is 1. The van der Waals surface area contributed by atoms with Gasteiger partial charge in [0.05, 0.1) is 0 Å². The molecule has 1 aromatic rings. The Morgan fingerprint density at radius 1 is 1.47 bits per heavy atom. The van der Waals surface area contributed by atoms with Gasteiger partial charge in [-0.2, -0.15) is 12.6 Å². The molecular formula is C13H14ClNO3S. The molecule has 0 spiro atoms. The second kappa shape index (κ2) is 5.84. The van der Waals surface area contributed by atoms with Crippen LogP contribution in [0.5, 0.6) is 0 Å². The highest BCUT2D eigenvalue weighted by Gasteiger charge is 2.36. The Kier molecular flexibility index (Phi) is 4.37. The van der Waals surface area contributed by atoms with Crippen LogP contribution in [0.4, 0.5) is 0 Å². The van der Waals surface area contributed by atoms with Crippen molar-refractivity contribution in [2.24, 2.45) is 0 Å². The number of aliphatic carboxylic acids is 1. The highest BCUT2D eigenvalue weighted by atomic mass is 35.5. The molecule has 102 valence electrons. The van der Waals surface area contributed by atoms with Crippen LogP contribution in [0.15, 0.2) is 24.3 Å². The Hall–Kier alpha value is -1.20. The second-order valence-electron chi connectivity index (χ2n) is 4.59. The zero-order valence-electron chi connectivity index (χ0n) is 10.1. The molecule has 0 aliphatic carbocycles. The molecule has 6 heteroatoms. The lowest BCUT2D eigenvalue weighted by Crippen LogP contribution is -2.43. The molecule has 1 aliphatic rings. The van der Waals surface area contributed by atoms with Crippen LogP contribution in [0, 0.1) is 0 Å². The molecule has 1 N–H and O–H groups in total. The molecule has 2 unspecified atom stereocenters. The number of rotatable bonds is 4. The number of likely N-dealkylation sites (tertiary alicyclic amines) is 1. The zero-order chi connectivity index (χ0) is 14.0. The van der Waals surface area contributed by atoms with E-state index in [-0.39, 0.29) is 17.6 Å². The summed E-state index contributed by atoms with van der Waals surface area (Å²) in [5.74, 6) is -1.15. The van der Waals surface area contributed by atoms with Gasteiger partial charge in [0.1, 0.15) is 6.04 Å². The van der Waals surface area contributed by atoms with Gasteiger partial charge >= 0.3 is 5.97 Å². The van der Waals surface area contributed by atoms with E-state index in [9.17, 15) is 14.7 Å². The van der Waals surface area contributed by atoms with E-state index in [0.29, 0.717) is 18.0 Å². The first kappa shape index (κ1) is 14.2. The first-order chi connectivity index (χ1) is 8.97. The maximum atomic E-state index is 11.8. The maximum Gasteiger partial charge on any atom is 0.326 e. The minimum absolute atomic E-state index is 0.0837. The summed E-state index contributed by atoms with van der Waals surface area (Å²) >= 11 is 10.0. The fraction of sp³-hybridized carbons (Fsp3) is 0.385. The Morgan fingerprint density at radius 3 is 2.58 bits per heavy atom. The predicted molar refractivity (Wildman–Crippen MR) is 75.7 cm³/mol. The molecule has 19 heavy (non-hydrogen) atoms. The SMILES string of the molecule is O=C(O)C(Cc1ccc(Cl)cc1)N1CC(S)CC1=O. The molecule has 1 aliphatic heterocycles. The highest BCUT2D eigenvalue weighted by Crippen LogP contribution is 2.21. The van der Waals surface area contributed by atoms with Crippen molar-refractivity contribution in [3.8, 4) is 0 Å². The molecule has 1 aromatic carbocycles. The van der Waals surface area contributed by atoms with Crippen LogP contribution in [0.25, 0.3) is 0 Å². The van der Waals surface area contributed by atoms with Gasteiger partial charge in [-0.1, -0.05) is 23.7 Å². The monoisotopic (exact) mass is 299 g/mol. The van der Waals surface area contributed by atoms with E-state index in [1.54, 1.807) is 24.3 Å². The van der Waals surface area contributed by atoms with Gasteiger partial charge in [0.2, 0.25) is 5.91 Å². The topological polar surface area (TPSA) is 57.6 Å². The molecule has 1 saturated heterocycles. The Bertz CT molecular complexity index is 491. The van der Waals surface area contributed by atoms with Crippen molar-refractivity contribution in [1.82, 2.24) is 4.90 Å². The van der Waals surface area contributed by atoms with Gasteiger partial charge in [-0.05, 0) is 17.7 Å². The van der Waals surface area contributed by atoms with Gasteiger partial charge < -0.3 is 10.0 Å². The van der Waals surface area contributed by atoms with Crippen molar-refractivity contribution in [2.75, 3.05) is 6.54 Å². The first-order valence-corrected chi connectivity index (χ1v) is 6.81. The van der Waals surface area contributed by atoms with Gasteiger partial charge in [0, 0.05) is 29.7 Å². The summed E-state index contributed by atoms with van der Waals surface area (Å²) in [5, 5.41) is 9.83. The minimum Gasteiger partial charge on any atom is -0.480 e. The normalized spacial score (nSPS) is 20.6. The van der Waals surface area contributed by atoms with Crippen LogP contribution in [-0.4, -0.2) is 39.7 Å². The van der Waals surface area contributed by atoms with E-state index < -0.39 is 12.0 Å². The molecule has 1 heterocycles.